The normalized spacial score (nSPS) is 14.1. The largest absolute Gasteiger partial charge is 0.495 e. The van der Waals surface area contributed by atoms with Crippen LogP contribution in [-0.2, 0) is 22.6 Å². The van der Waals surface area contributed by atoms with E-state index < -0.39 is 12.2 Å². The molecule has 1 aliphatic heterocycles. The average Bonchev–Trinajstić information content (AvgIpc) is 3.25. The van der Waals surface area contributed by atoms with Crippen molar-refractivity contribution >= 4 is 46.1 Å². The van der Waals surface area contributed by atoms with Crippen molar-refractivity contribution in [2.45, 2.75) is 65.1 Å². The summed E-state index contributed by atoms with van der Waals surface area (Å²) in [6, 6.07) is 1.79. The van der Waals surface area contributed by atoms with E-state index in [-0.39, 0.29) is 28.0 Å². The van der Waals surface area contributed by atoms with Crippen LogP contribution in [0, 0.1) is 0 Å². The minimum atomic E-state index is -0.573. The molecule has 192 valence electrons. The van der Waals surface area contributed by atoms with Crippen molar-refractivity contribution in [3.05, 3.63) is 32.9 Å². The average molecular weight is 526 g/mol. The molecule has 0 saturated heterocycles. The number of aliphatic hydroxyl groups excluding tert-OH is 1. The van der Waals surface area contributed by atoms with Gasteiger partial charge in [0.05, 0.1) is 17.6 Å². The molecule has 0 radical (unpaired) electrons. The lowest BCUT2D eigenvalue weighted by molar-refractivity contribution is -0.134. The maximum atomic E-state index is 12.4. The molecular formula is C25H33Cl2N3O5. The molecule has 3 rings (SSSR count). The van der Waals surface area contributed by atoms with Gasteiger partial charge in [-0.05, 0) is 50.8 Å². The Morgan fingerprint density at radius 3 is 2.46 bits per heavy atom. The number of carbonyl (C=O) groups excluding carboxylic acids is 2. The number of pyridine rings is 1. The zero-order chi connectivity index (χ0) is 26.1. The number of aromatic nitrogens is 1. The molecule has 1 N–H and O–H groups in total. The number of hydrogen-bond donors (Lipinski definition) is 1. The minimum Gasteiger partial charge on any atom is -0.495 e. The van der Waals surface area contributed by atoms with E-state index in [1.165, 1.54) is 7.11 Å². The van der Waals surface area contributed by atoms with Gasteiger partial charge in [0.25, 0.3) is 0 Å². The first-order valence-electron chi connectivity index (χ1n) is 11.6. The molecule has 1 aliphatic rings. The molecule has 2 amide bonds. The van der Waals surface area contributed by atoms with E-state index >= 15 is 0 Å². The molecular weight excluding hydrogens is 493 g/mol. The quantitative estimate of drug-likeness (QED) is 0.538. The summed E-state index contributed by atoms with van der Waals surface area (Å²) in [7, 11) is 3.23. The van der Waals surface area contributed by atoms with Crippen molar-refractivity contribution in [1.29, 1.82) is 0 Å². The Hall–Kier alpha value is -2.29. The van der Waals surface area contributed by atoms with Gasteiger partial charge in [0.15, 0.2) is 0 Å². The fraction of sp³-hybridized carbons (Fsp3) is 0.560. The van der Waals surface area contributed by atoms with E-state index in [2.05, 4.69) is 6.92 Å². The van der Waals surface area contributed by atoms with Crippen molar-refractivity contribution in [3.8, 4) is 5.75 Å². The molecule has 1 unspecified atom stereocenters. The van der Waals surface area contributed by atoms with Crippen LogP contribution in [0.4, 0.5) is 4.79 Å². The molecule has 35 heavy (non-hydrogen) atoms. The van der Waals surface area contributed by atoms with Crippen LogP contribution in [0.1, 0.15) is 63.3 Å². The predicted molar refractivity (Wildman–Crippen MR) is 136 cm³/mol. The van der Waals surface area contributed by atoms with Crippen molar-refractivity contribution in [2.24, 2.45) is 0 Å². The fourth-order valence-electron chi connectivity index (χ4n) is 4.31. The molecule has 8 nitrogen and oxygen atoms in total. The number of benzene rings is 1. The van der Waals surface area contributed by atoms with Crippen molar-refractivity contribution in [1.82, 2.24) is 14.8 Å². The highest BCUT2D eigenvalue weighted by molar-refractivity contribution is 6.46. The second-order valence-corrected chi connectivity index (χ2v) is 10.5. The minimum absolute atomic E-state index is 0.000779. The van der Waals surface area contributed by atoms with Gasteiger partial charge in [0.1, 0.15) is 23.0 Å². The Morgan fingerprint density at radius 2 is 1.89 bits per heavy atom. The van der Waals surface area contributed by atoms with Gasteiger partial charge >= 0.3 is 6.09 Å². The highest BCUT2D eigenvalue weighted by Gasteiger charge is 2.32. The number of fused-ring (bicyclic) bond motifs is 3. The third-order valence-corrected chi connectivity index (χ3v) is 7.02. The van der Waals surface area contributed by atoms with Crippen LogP contribution in [-0.4, -0.2) is 64.8 Å². The molecule has 1 aromatic heterocycles. The smallest absolute Gasteiger partial charge is 0.410 e. The third kappa shape index (κ3) is 5.76. The number of methoxy groups -OCH3 is 1. The third-order valence-electron chi connectivity index (χ3n) is 6.18. The molecule has 0 spiro atoms. The van der Waals surface area contributed by atoms with E-state index in [1.54, 1.807) is 22.9 Å². The van der Waals surface area contributed by atoms with E-state index in [9.17, 15) is 14.7 Å². The van der Waals surface area contributed by atoms with Gasteiger partial charge in [0.2, 0.25) is 5.91 Å². The van der Waals surface area contributed by atoms with E-state index in [0.29, 0.717) is 37.3 Å². The first-order valence-corrected chi connectivity index (χ1v) is 12.4. The number of hydrogen-bond acceptors (Lipinski definition) is 6. The van der Waals surface area contributed by atoms with Crippen LogP contribution >= 0.6 is 23.2 Å². The van der Waals surface area contributed by atoms with E-state index in [0.717, 1.165) is 28.6 Å². The van der Waals surface area contributed by atoms with Gasteiger partial charge in [0, 0.05) is 43.7 Å². The topological polar surface area (TPSA) is 92.2 Å². The molecule has 0 saturated carbocycles. The van der Waals surface area contributed by atoms with Gasteiger partial charge in [-0.15, -0.1) is 0 Å². The number of ether oxygens (including phenoxy) is 2. The standard InChI is InChI=1S/C25H33Cl2N3O5/c1-7-14(8-9-29(5)24(33)35-25(2,3)4)22-17-12-30(19(32)13-31)11-16(17)15-10-18(34-6)20(26)21(27)23(15)28-22/h10,14,31H,7-9,11-13H2,1-6H3. The molecule has 2 heterocycles. The fourth-order valence-corrected chi connectivity index (χ4v) is 4.77. The van der Waals surface area contributed by atoms with Crippen LogP contribution in [0.15, 0.2) is 6.07 Å². The highest BCUT2D eigenvalue weighted by atomic mass is 35.5. The van der Waals surface area contributed by atoms with Crippen molar-refractivity contribution in [3.63, 3.8) is 0 Å². The van der Waals surface area contributed by atoms with E-state index in [1.807, 2.05) is 20.8 Å². The second-order valence-electron chi connectivity index (χ2n) is 9.76. The van der Waals surface area contributed by atoms with Gasteiger partial charge < -0.3 is 24.4 Å². The first-order chi connectivity index (χ1) is 16.4. The molecule has 0 fully saturated rings. The predicted octanol–water partition coefficient (Wildman–Crippen LogP) is 5.14. The summed E-state index contributed by atoms with van der Waals surface area (Å²) in [6.45, 7) is 8.13. The van der Waals surface area contributed by atoms with Gasteiger partial charge in [-0.2, -0.15) is 0 Å². The van der Waals surface area contributed by atoms with Crippen LogP contribution in [0.3, 0.4) is 0 Å². The number of amides is 2. The second kappa shape index (κ2) is 10.8. The number of rotatable bonds is 7. The van der Waals surface area contributed by atoms with Gasteiger partial charge in [-0.3, -0.25) is 9.78 Å². The summed E-state index contributed by atoms with van der Waals surface area (Å²) in [5.74, 6) is 0.0723. The SMILES string of the molecule is CCC(CCN(C)C(=O)OC(C)(C)C)c1nc2c(Cl)c(Cl)c(OC)cc2c2c1CN(C(=O)CO)C2. The summed E-state index contributed by atoms with van der Waals surface area (Å²) < 4.78 is 10.9. The zero-order valence-corrected chi connectivity index (χ0v) is 22.6. The number of carbonyl (C=O) groups is 2. The molecule has 1 atom stereocenters. The molecule has 0 bridgehead atoms. The lowest BCUT2D eigenvalue weighted by Crippen LogP contribution is -2.35. The van der Waals surface area contributed by atoms with Gasteiger partial charge in [-0.25, -0.2) is 4.79 Å². The van der Waals surface area contributed by atoms with Crippen LogP contribution in [0.2, 0.25) is 10.0 Å². The Labute approximate surface area is 216 Å². The first kappa shape index (κ1) is 27.3. The number of halogens is 2. The van der Waals surface area contributed by atoms with Crippen LogP contribution in [0.25, 0.3) is 10.9 Å². The van der Waals surface area contributed by atoms with Crippen LogP contribution < -0.4 is 4.74 Å². The summed E-state index contributed by atoms with van der Waals surface area (Å²) in [5.41, 5.74) is 2.65. The van der Waals surface area contributed by atoms with Gasteiger partial charge in [-0.1, -0.05) is 30.1 Å². The molecule has 1 aromatic carbocycles. The molecule has 2 aromatic rings. The maximum Gasteiger partial charge on any atom is 0.410 e. The maximum absolute atomic E-state index is 12.4. The lowest BCUT2D eigenvalue weighted by atomic mass is 9.91. The summed E-state index contributed by atoms with van der Waals surface area (Å²) in [6.07, 6.45) is 1.03. The van der Waals surface area contributed by atoms with Crippen molar-refractivity contribution in [2.75, 3.05) is 27.3 Å². The summed E-state index contributed by atoms with van der Waals surface area (Å²) in [5, 5.41) is 10.8. The summed E-state index contributed by atoms with van der Waals surface area (Å²) >= 11 is 13.1. The molecule has 10 heteroatoms. The Balaban J connectivity index is 2.03. The summed E-state index contributed by atoms with van der Waals surface area (Å²) in [4.78, 5) is 32.9. The Bertz CT molecular complexity index is 1130. The number of nitrogens with zero attached hydrogens (tertiary/aromatic N) is 3. The number of aliphatic hydroxyl groups is 1. The van der Waals surface area contributed by atoms with E-state index in [4.69, 9.17) is 37.7 Å². The monoisotopic (exact) mass is 525 g/mol. The zero-order valence-electron chi connectivity index (χ0n) is 21.1. The Kier molecular flexibility index (Phi) is 8.40. The molecule has 0 aliphatic carbocycles. The highest BCUT2D eigenvalue weighted by Crippen LogP contribution is 2.43. The van der Waals surface area contributed by atoms with Crippen LogP contribution in [0.5, 0.6) is 5.75 Å². The Morgan fingerprint density at radius 1 is 1.23 bits per heavy atom. The lowest BCUT2D eigenvalue weighted by Gasteiger charge is -2.26. The van der Waals surface area contributed by atoms with Crippen molar-refractivity contribution < 1.29 is 24.2 Å².